The number of rotatable bonds is 5. The first-order chi connectivity index (χ1) is 9.06. The lowest BCUT2D eigenvalue weighted by atomic mass is 10.1. The van der Waals surface area contributed by atoms with Gasteiger partial charge in [0.05, 0.1) is 5.69 Å². The molecule has 2 aromatic rings. The van der Waals surface area contributed by atoms with Gasteiger partial charge in [0.25, 0.3) is 10.7 Å². The number of hydrogen-bond acceptors (Lipinski definition) is 6. The van der Waals surface area contributed by atoms with Crippen LogP contribution >= 0.6 is 23.6 Å². The van der Waals surface area contributed by atoms with E-state index in [-0.39, 0.29) is 0 Å². The molecule has 0 radical (unpaired) electrons. The average Bonchev–Trinajstić information content (AvgIpc) is 2.97. The molecule has 104 valence electrons. The van der Waals surface area contributed by atoms with Crippen LogP contribution in [0.4, 0.5) is 5.13 Å². The highest BCUT2D eigenvalue weighted by Crippen LogP contribution is 2.37. The molecule has 0 aliphatic heterocycles. The standard InChI is InChI=1S/C12H18N4OS2/c1-5-16(6-2)11-13-8(7(3)4)9(19-11)10-14-15-12(18)17-10/h7H,5-6H2,1-4H3,(H,15,18). The second kappa shape index (κ2) is 5.83. The Morgan fingerprint density at radius 2 is 2.05 bits per heavy atom. The van der Waals surface area contributed by atoms with Crippen molar-refractivity contribution in [2.24, 2.45) is 0 Å². The first-order valence-corrected chi connectivity index (χ1v) is 7.60. The summed E-state index contributed by atoms with van der Waals surface area (Å²) in [6.45, 7) is 10.4. The summed E-state index contributed by atoms with van der Waals surface area (Å²) < 4.78 is 5.42. The second-order valence-electron chi connectivity index (χ2n) is 4.46. The zero-order valence-electron chi connectivity index (χ0n) is 11.6. The fourth-order valence-electron chi connectivity index (χ4n) is 1.82. The second-order valence-corrected chi connectivity index (χ2v) is 5.80. The molecule has 0 aliphatic carbocycles. The first kappa shape index (κ1) is 14.2. The normalized spacial score (nSPS) is 11.2. The Morgan fingerprint density at radius 3 is 2.53 bits per heavy atom. The molecule has 0 fully saturated rings. The lowest BCUT2D eigenvalue weighted by molar-refractivity contribution is 0.552. The Morgan fingerprint density at radius 1 is 1.37 bits per heavy atom. The van der Waals surface area contributed by atoms with Crippen LogP contribution < -0.4 is 4.90 Å². The largest absolute Gasteiger partial charge is 0.408 e. The summed E-state index contributed by atoms with van der Waals surface area (Å²) in [7, 11) is 0. The Hall–Kier alpha value is -1.21. The number of H-pyrrole nitrogens is 1. The van der Waals surface area contributed by atoms with Crippen LogP contribution in [0.1, 0.15) is 39.3 Å². The van der Waals surface area contributed by atoms with Crippen LogP contribution in [0.3, 0.4) is 0 Å². The summed E-state index contributed by atoms with van der Waals surface area (Å²) in [6, 6.07) is 0. The first-order valence-electron chi connectivity index (χ1n) is 6.38. The predicted octanol–water partition coefficient (Wildman–Crippen LogP) is 3.83. The van der Waals surface area contributed by atoms with Crippen molar-refractivity contribution in [2.45, 2.75) is 33.6 Å². The summed E-state index contributed by atoms with van der Waals surface area (Å²) in [5.74, 6) is 0.848. The van der Waals surface area contributed by atoms with E-state index in [1.54, 1.807) is 11.3 Å². The molecule has 0 aromatic carbocycles. The molecule has 0 atom stereocenters. The molecule has 0 saturated carbocycles. The van der Waals surface area contributed by atoms with Crippen LogP contribution in [-0.2, 0) is 0 Å². The lowest BCUT2D eigenvalue weighted by Crippen LogP contribution is -2.21. The Kier molecular flexibility index (Phi) is 4.36. The van der Waals surface area contributed by atoms with Crippen molar-refractivity contribution in [3.8, 4) is 10.8 Å². The van der Waals surface area contributed by atoms with Gasteiger partial charge >= 0.3 is 0 Å². The van der Waals surface area contributed by atoms with Gasteiger partial charge in [0.1, 0.15) is 4.88 Å². The van der Waals surface area contributed by atoms with Crippen molar-refractivity contribution in [2.75, 3.05) is 18.0 Å². The van der Waals surface area contributed by atoms with Crippen LogP contribution in [0.2, 0.25) is 0 Å². The molecule has 0 unspecified atom stereocenters. The van der Waals surface area contributed by atoms with E-state index in [1.807, 2.05) is 0 Å². The maximum atomic E-state index is 5.42. The van der Waals surface area contributed by atoms with Crippen molar-refractivity contribution in [3.05, 3.63) is 10.5 Å². The van der Waals surface area contributed by atoms with Crippen LogP contribution in [0, 0.1) is 4.84 Å². The molecular weight excluding hydrogens is 280 g/mol. The number of nitrogens with one attached hydrogen (secondary N) is 1. The molecule has 1 N–H and O–H groups in total. The molecule has 0 bridgehead atoms. The molecule has 0 amide bonds. The molecule has 19 heavy (non-hydrogen) atoms. The van der Waals surface area contributed by atoms with E-state index in [2.05, 4.69) is 42.8 Å². The third kappa shape index (κ3) is 2.87. The Bertz CT molecular complexity index is 595. The molecule has 2 heterocycles. The number of nitrogens with zero attached hydrogens (tertiary/aromatic N) is 3. The molecule has 0 spiro atoms. The Balaban J connectivity index is 2.50. The summed E-state index contributed by atoms with van der Waals surface area (Å²) in [5, 5.41) is 7.78. The van der Waals surface area contributed by atoms with E-state index in [0.29, 0.717) is 16.6 Å². The number of anilines is 1. The summed E-state index contributed by atoms with van der Waals surface area (Å²) in [4.78, 5) is 8.21. The number of hydrogen-bond donors (Lipinski definition) is 1. The highest BCUT2D eigenvalue weighted by Gasteiger charge is 2.21. The molecule has 5 nitrogen and oxygen atoms in total. The summed E-state index contributed by atoms with van der Waals surface area (Å²) in [6.07, 6.45) is 0. The van der Waals surface area contributed by atoms with Gasteiger partial charge in [-0.05, 0) is 32.0 Å². The summed E-state index contributed by atoms with van der Waals surface area (Å²) >= 11 is 6.54. The van der Waals surface area contributed by atoms with Gasteiger partial charge < -0.3 is 9.32 Å². The average molecular weight is 298 g/mol. The minimum atomic E-state index is 0.294. The summed E-state index contributed by atoms with van der Waals surface area (Å²) in [5.41, 5.74) is 1.01. The SMILES string of the molecule is CCN(CC)c1nc(C(C)C)c(-c2n[nH]c(=S)o2)s1. The predicted molar refractivity (Wildman–Crippen MR) is 80.4 cm³/mol. The van der Waals surface area contributed by atoms with Gasteiger partial charge in [-0.2, -0.15) is 0 Å². The van der Waals surface area contributed by atoms with Crippen LogP contribution in [0.15, 0.2) is 4.42 Å². The third-order valence-corrected chi connectivity index (χ3v) is 4.15. The van der Waals surface area contributed by atoms with E-state index in [4.69, 9.17) is 21.6 Å². The van der Waals surface area contributed by atoms with Gasteiger partial charge in [-0.3, -0.25) is 0 Å². The number of aromatic amines is 1. The van der Waals surface area contributed by atoms with Crippen molar-refractivity contribution < 1.29 is 4.42 Å². The third-order valence-electron chi connectivity index (χ3n) is 2.86. The van der Waals surface area contributed by atoms with Gasteiger partial charge in [-0.25, -0.2) is 10.1 Å². The Labute approximate surface area is 121 Å². The fraction of sp³-hybridized carbons (Fsp3) is 0.583. The fourth-order valence-corrected chi connectivity index (χ4v) is 3.22. The monoisotopic (exact) mass is 298 g/mol. The minimum Gasteiger partial charge on any atom is -0.408 e. The van der Waals surface area contributed by atoms with E-state index in [0.717, 1.165) is 28.8 Å². The number of thiazole rings is 1. The maximum absolute atomic E-state index is 5.42. The molecule has 0 aliphatic rings. The highest BCUT2D eigenvalue weighted by molar-refractivity contribution is 7.71. The molecule has 7 heteroatoms. The molecule has 0 saturated heterocycles. The minimum absolute atomic E-state index is 0.294. The van der Waals surface area contributed by atoms with Crippen LogP contribution in [-0.4, -0.2) is 28.3 Å². The van der Waals surface area contributed by atoms with Crippen molar-refractivity contribution >= 4 is 28.7 Å². The van der Waals surface area contributed by atoms with Crippen molar-refractivity contribution in [1.82, 2.24) is 15.2 Å². The molecular formula is C12H18N4OS2. The zero-order valence-corrected chi connectivity index (χ0v) is 13.2. The van der Waals surface area contributed by atoms with Crippen LogP contribution in [0.25, 0.3) is 10.8 Å². The molecule has 2 aromatic heterocycles. The van der Waals surface area contributed by atoms with E-state index < -0.39 is 0 Å². The van der Waals surface area contributed by atoms with Crippen molar-refractivity contribution in [3.63, 3.8) is 0 Å². The van der Waals surface area contributed by atoms with Gasteiger partial charge in [0.15, 0.2) is 5.13 Å². The van der Waals surface area contributed by atoms with Gasteiger partial charge in [0, 0.05) is 13.1 Å². The van der Waals surface area contributed by atoms with E-state index >= 15 is 0 Å². The molecule has 2 rings (SSSR count). The zero-order chi connectivity index (χ0) is 14.0. The maximum Gasteiger partial charge on any atom is 0.284 e. The highest BCUT2D eigenvalue weighted by atomic mass is 32.1. The van der Waals surface area contributed by atoms with E-state index in [9.17, 15) is 0 Å². The smallest absolute Gasteiger partial charge is 0.284 e. The topological polar surface area (TPSA) is 58.0 Å². The quantitative estimate of drug-likeness (QED) is 0.850. The van der Waals surface area contributed by atoms with Crippen molar-refractivity contribution in [1.29, 1.82) is 0 Å². The number of aromatic nitrogens is 3. The van der Waals surface area contributed by atoms with Crippen LogP contribution in [0.5, 0.6) is 0 Å². The van der Waals surface area contributed by atoms with Gasteiger partial charge in [-0.1, -0.05) is 25.2 Å². The van der Waals surface area contributed by atoms with Gasteiger partial charge in [-0.15, -0.1) is 5.10 Å². The lowest BCUT2D eigenvalue weighted by Gasteiger charge is -2.16. The van der Waals surface area contributed by atoms with Gasteiger partial charge in [0.2, 0.25) is 0 Å². The van der Waals surface area contributed by atoms with E-state index in [1.165, 1.54) is 0 Å².